The molecule has 0 spiro atoms. The average Bonchev–Trinajstić information content (AvgIpc) is 2.37. The van der Waals surface area contributed by atoms with Crippen molar-refractivity contribution in [1.82, 2.24) is 4.90 Å². The van der Waals surface area contributed by atoms with Gasteiger partial charge in [-0.15, -0.1) is 0 Å². The molecule has 0 radical (unpaired) electrons. The molecule has 1 aromatic rings. The van der Waals surface area contributed by atoms with Gasteiger partial charge in [0.05, 0.1) is 8.95 Å². The van der Waals surface area contributed by atoms with Gasteiger partial charge in [0.1, 0.15) is 5.75 Å². The van der Waals surface area contributed by atoms with Crippen LogP contribution >= 0.6 is 31.9 Å². The third kappa shape index (κ3) is 3.49. The minimum absolute atomic E-state index is 0.277. The first kappa shape index (κ1) is 14.4. The number of phenolic OH excluding ortho intramolecular Hbond substituents is 1. The predicted molar refractivity (Wildman–Crippen MR) is 81.8 cm³/mol. The highest BCUT2D eigenvalue weighted by Crippen LogP contribution is 2.34. The molecular weight excluding hydrogens is 358 g/mol. The first-order valence-electron chi connectivity index (χ1n) is 6.45. The summed E-state index contributed by atoms with van der Waals surface area (Å²) in [5, 5.41) is 9.71. The summed E-state index contributed by atoms with van der Waals surface area (Å²) in [6.45, 7) is 0.933. The lowest BCUT2D eigenvalue weighted by atomic mass is 9.94. The van der Waals surface area contributed by atoms with Crippen LogP contribution in [0, 0.1) is 0 Å². The Morgan fingerprint density at radius 1 is 1.17 bits per heavy atom. The van der Waals surface area contributed by atoms with Gasteiger partial charge in [-0.05, 0) is 69.4 Å². The van der Waals surface area contributed by atoms with Crippen LogP contribution in [0.5, 0.6) is 5.75 Å². The van der Waals surface area contributed by atoms with E-state index in [1.165, 1.54) is 37.7 Å². The maximum Gasteiger partial charge on any atom is 0.143 e. The van der Waals surface area contributed by atoms with Gasteiger partial charge in [0.25, 0.3) is 0 Å². The first-order valence-corrected chi connectivity index (χ1v) is 8.03. The smallest absolute Gasteiger partial charge is 0.143 e. The van der Waals surface area contributed by atoms with E-state index in [2.05, 4.69) is 43.8 Å². The number of hydrogen-bond donors (Lipinski definition) is 1. The van der Waals surface area contributed by atoms with Crippen LogP contribution in [0.15, 0.2) is 21.1 Å². The Kier molecular flexibility index (Phi) is 5.10. The Hall–Kier alpha value is -0.0600. The van der Waals surface area contributed by atoms with E-state index >= 15 is 0 Å². The Morgan fingerprint density at radius 2 is 1.72 bits per heavy atom. The molecule has 2 rings (SSSR count). The van der Waals surface area contributed by atoms with E-state index in [1.54, 1.807) is 0 Å². The van der Waals surface area contributed by atoms with E-state index in [4.69, 9.17) is 0 Å². The van der Waals surface area contributed by atoms with Crippen LogP contribution in [0.1, 0.15) is 37.7 Å². The van der Waals surface area contributed by atoms with Gasteiger partial charge in [0.2, 0.25) is 0 Å². The third-order valence-corrected chi connectivity index (χ3v) is 4.92. The van der Waals surface area contributed by atoms with Gasteiger partial charge in [0, 0.05) is 12.6 Å². The fourth-order valence-corrected chi connectivity index (χ4v) is 3.93. The number of halogens is 2. The molecular formula is C14H19Br2NO. The topological polar surface area (TPSA) is 23.5 Å². The van der Waals surface area contributed by atoms with Crippen molar-refractivity contribution in [2.75, 3.05) is 7.05 Å². The highest BCUT2D eigenvalue weighted by atomic mass is 79.9. The second-order valence-electron chi connectivity index (χ2n) is 5.12. The van der Waals surface area contributed by atoms with Gasteiger partial charge in [-0.3, -0.25) is 4.90 Å². The lowest BCUT2D eigenvalue weighted by Gasteiger charge is -2.31. The largest absolute Gasteiger partial charge is 0.506 e. The summed E-state index contributed by atoms with van der Waals surface area (Å²) in [5.41, 5.74) is 1.22. The van der Waals surface area contributed by atoms with Crippen molar-refractivity contribution in [3.63, 3.8) is 0 Å². The van der Waals surface area contributed by atoms with Crippen LogP contribution in [0.3, 0.4) is 0 Å². The number of nitrogens with zero attached hydrogens (tertiary/aromatic N) is 1. The van der Waals surface area contributed by atoms with Crippen LogP contribution in [0.4, 0.5) is 0 Å². The molecule has 0 amide bonds. The first-order chi connectivity index (χ1) is 8.58. The van der Waals surface area contributed by atoms with Crippen molar-refractivity contribution in [3.8, 4) is 5.75 Å². The predicted octanol–water partition coefficient (Wildman–Crippen LogP) is 4.68. The Balaban J connectivity index is 2.04. The number of phenols is 1. The molecule has 0 heterocycles. The number of aromatic hydroxyl groups is 1. The molecule has 0 atom stereocenters. The molecule has 0 bridgehead atoms. The lowest BCUT2D eigenvalue weighted by molar-refractivity contribution is 0.184. The summed E-state index contributed by atoms with van der Waals surface area (Å²) in [5.74, 6) is 0.277. The summed E-state index contributed by atoms with van der Waals surface area (Å²) < 4.78 is 1.51. The van der Waals surface area contributed by atoms with Gasteiger partial charge in [0.15, 0.2) is 0 Å². The van der Waals surface area contributed by atoms with Crippen molar-refractivity contribution in [3.05, 3.63) is 26.6 Å². The van der Waals surface area contributed by atoms with E-state index in [9.17, 15) is 5.11 Å². The molecule has 100 valence electrons. The molecule has 1 aromatic carbocycles. The van der Waals surface area contributed by atoms with E-state index in [0.29, 0.717) is 6.04 Å². The molecule has 2 nitrogen and oxygen atoms in total. The second kappa shape index (κ2) is 6.40. The fraction of sp³-hybridized carbons (Fsp3) is 0.571. The van der Waals surface area contributed by atoms with Gasteiger partial charge in [-0.1, -0.05) is 19.3 Å². The van der Waals surface area contributed by atoms with Gasteiger partial charge in [-0.25, -0.2) is 0 Å². The summed E-state index contributed by atoms with van der Waals surface area (Å²) in [6.07, 6.45) is 6.74. The maximum atomic E-state index is 9.71. The average molecular weight is 377 g/mol. The highest BCUT2D eigenvalue weighted by molar-refractivity contribution is 9.11. The van der Waals surface area contributed by atoms with Crippen LogP contribution in [0.25, 0.3) is 0 Å². The molecule has 1 aliphatic rings. The normalized spacial score (nSPS) is 17.3. The minimum Gasteiger partial charge on any atom is -0.506 e. The maximum absolute atomic E-state index is 9.71. The Morgan fingerprint density at radius 3 is 2.28 bits per heavy atom. The number of benzene rings is 1. The van der Waals surface area contributed by atoms with Gasteiger partial charge < -0.3 is 5.11 Å². The molecule has 0 aromatic heterocycles. The highest BCUT2D eigenvalue weighted by Gasteiger charge is 2.18. The number of hydrogen-bond acceptors (Lipinski definition) is 2. The quantitative estimate of drug-likeness (QED) is 0.827. The third-order valence-electron chi connectivity index (χ3n) is 3.71. The molecule has 4 heteroatoms. The summed E-state index contributed by atoms with van der Waals surface area (Å²) in [4.78, 5) is 2.43. The summed E-state index contributed by atoms with van der Waals surface area (Å²) in [7, 11) is 2.20. The lowest BCUT2D eigenvalue weighted by Crippen LogP contribution is -2.32. The summed E-state index contributed by atoms with van der Waals surface area (Å²) >= 11 is 6.77. The van der Waals surface area contributed by atoms with E-state index in [-0.39, 0.29) is 5.75 Å². The van der Waals surface area contributed by atoms with Crippen molar-refractivity contribution in [2.24, 2.45) is 0 Å². The monoisotopic (exact) mass is 375 g/mol. The van der Waals surface area contributed by atoms with Crippen LogP contribution in [-0.2, 0) is 6.54 Å². The van der Waals surface area contributed by atoms with Crippen LogP contribution in [-0.4, -0.2) is 23.1 Å². The fourth-order valence-electron chi connectivity index (χ4n) is 2.65. The molecule has 0 saturated heterocycles. The second-order valence-corrected chi connectivity index (χ2v) is 6.82. The standard InChI is InChI=1S/C14H19Br2NO/c1-17(11-5-3-2-4-6-11)9-10-7-12(15)14(18)13(16)8-10/h7-8,11,18H,2-6,9H2,1H3. The van der Waals surface area contributed by atoms with Crippen LogP contribution in [0.2, 0.25) is 0 Å². The number of rotatable bonds is 3. The molecule has 1 saturated carbocycles. The SMILES string of the molecule is CN(Cc1cc(Br)c(O)c(Br)c1)C1CCCCC1. The zero-order chi connectivity index (χ0) is 13.1. The molecule has 1 aliphatic carbocycles. The summed E-state index contributed by atoms with van der Waals surface area (Å²) in [6, 6.07) is 4.71. The van der Waals surface area contributed by atoms with Gasteiger partial charge >= 0.3 is 0 Å². The zero-order valence-electron chi connectivity index (χ0n) is 10.6. The molecule has 0 unspecified atom stereocenters. The van der Waals surface area contributed by atoms with Gasteiger partial charge in [-0.2, -0.15) is 0 Å². The Labute approximate surface area is 126 Å². The molecule has 1 fully saturated rings. The Bertz CT molecular complexity index is 393. The minimum atomic E-state index is 0.277. The van der Waals surface area contributed by atoms with Crippen molar-refractivity contribution >= 4 is 31.9 Å². The zero-order valence-corrected chi connectivity index (χ0v) is 13.8. The van der Waals surface area contributed by atoms with Crippen molar-refractivity contribution in [1.29, 1.82) is 0 Å². The van der Waals surface area contributed by atoms with E-state index in [1.807, 2.05) is 12.1 Å². The molecule has 1 N–H and O–H groups in total. The molecule has 0 aliphatic heterocycles. The van der Waals surface area contributed by atoms with E-state index < -0.39 is 0 Å². The van der Waals surface area contributed by atoms with Crippen molar-refractivity contribution < 1.29 is 5.11 Å². The molecule has 18 heavy (non-hydrogen) atoms. The van der Waals surface area contributed by atoms with E-state index in [0.717, 1.165) is 15.5 Å². The van der Waals surface area contributed by atoms with Crippen molar-refractivity contribution in [2.45, 2.75) is 44.7 Å². The van der Waals surface area contributed by atoms with Crippen LogP contribution < -0.4 is 0 Å².